The van der Waals surface area contributed by atoms with Crippen LogP contribution in [-0.2, 0) is 25.5 Å². The molecule has 1 atom stereocenters. The van der Waals surface area contributed by atoms with E-state index in [0.29, 0.717) is 10.8 Å². The Balaban J connectivity index is 2.01. The van der Waals surface area contributed by atoms with Crippen LogP contribution in [0, 0.1) is 5.92 Å². The number of nitrogens with zero attached hydrogens (tertiary/aromatic N) is 1. The number of carbonyl (C=O) groups is 3. The summed E-state index contributed by atoms with van der Waals surface area (Å²) in [7, 11) is 0. The number of carbonyl (C=O) groups excluding carboxylic acids is 3. The molecular weight excluding hydrogens is 390 g/mol. The van der Waals surface area contributed by atoms with E-state index < -0.39 is 6.04 Å². The third kappa shape index (κ3) is 7.65. The molecule has 0 saturated heterocycles. The summed E-state index contributed by atoms with van der Waals surface area (Å²) in [6.07, 6.45) is -0.124. The van der Waals surface area contributed by atoms with Crippen LogP contribution in [0.15, 0.2) is 35.7 Å². The second-order valence-electron chi connectivity index (χ2n) is 7.24. The number of esters is 1. The van der Waals surface area contributed by atoms with E-state index in [-0.39, 0.29) is 42.6 Å². The Labute approximate surface area is 174 Å². The molecule has 2 aromatic rings. The predicted octanol–water partition coefficient (Wildman–Crippen LogP) is 3.48. The number of hydrogen-bond acceptors (Lipinski definition) is 6. The van der Waals surface area contributed by atoms with Gasteiger partial charge < -0.3 is 15.4 Å². The number of rotatable bonds is 9. The number of ether oxygens (including phenoxy) is 1. The van der Waals surface area contributed by atoms with E-state index in [1.165, 1.54) is 11.3 Å². The van der Waals surface area contributed by atoms with Crippen LogP contribution < -0.4 is 10.6 Å². The van der Waals surface area contributed by atoms with Crippen LogP contribution in [0.4, 0.5) is 5.13 Å². The van der Waals surface area contributed by atoms with Gasteiger partial charge in [-0.3, -0.25) is 14.4 Å². The van der Waals surface area contributed by atoms with E-state index in [2.05, 4.69) is 15.6 Å². The van der Waals surface area contributed by atoms with E-state index >= 15 is 0 Å². The quantitative estimate of drug-likeness (QED) is 0.609. The van der Waals surface area contributed by atoms with Crippen molar-refractivity contribution >= 4 is 34.3 Å². The van der Waals surface area contributed by atoms with Crippen molar-refractivity contribution in [3.8, 4) is 0 Å². The Morgan fingerprint density at radius 3 is 2.41 bits per heavy atom. The monoisotopic (exact) mass is 417 g/mol. The smallest absolute Gasteiger partial charge is 0.308 e. The summed E-state index contributed by atoms with van der Waals surface area (Å²) in [6, 6.07) is 8.80. The van der Waals surface area contributed by atoms with Crippen LogP contribution in [0.3, 0.4) is 0 Å². The summed E-state index contributed by atoms with van der Waals surface area (Å²) in [4.78, 5) is 40.7. The molecule has 2 N–H and O–H groups in total. The average molecular weight is 418 g/mol. The topological polar surface area (TPSA) is 97.4 Å². The van der Waals surface area contributed by atoms with Gasteiger partial charge >= 0.3 is 5.97 Å². The molecule has 0 aliphatic rings. The molecule has 0 saturated carbocycles. The zero-order valence-corrected chi connectivity index (χ0v) is 17.9. The van der Waals surface area contributed by atoms with Crippen molar-refractivity contribution < 1.29 is 19.1 Å². The largest absolute Gasteiger partial charge is 0.463 e. The van der Waals surface area contributed by atoms with E-state index in [4.69, 9.17) is 4.74 Å². The minimum atomic E-state index is -0.492. The normalized spacial score (nSPS) is 11.9. The molecule has 156 valence electrons. The number of nitrogens with one attached hydrogen (secondary N) is 2. The number of benzene rings is 1. The van der Waals surface area contributed by atoms with Gasteiger partial charge in [0.25, 0.3) is 0 Å². The molecule has 1 heterocycles. The number of aromatic nitrogens is 1. The van der Waals surface area contributed by atoms with Gasteiger partial charge in [0.1, 0.15) is 0 Å². The van der Waals surface area contributed by atoms with Crippen LogP contribution in [0.5, 0.6) is 0 Å². The van der Waals surface area contributed by atoms with Gasteiger partial charge in [-0.25, -0.2) is 4.98 Å². The Kier molecular flexibility index (Phi) is 8.33. The summed E-state index contributed by atoms with van der Waals surface area (Å²) in [5, 5.41) is 7.81. The lowest BCUT2D eigenvalue weighted by Crippen LogP contribution is -2.32. The molecule has 7 nitrogen and oxygen atoms in total. The predicted molar refractivity (Wildman–Crippen MR) is 112 cm³/mol. The summed E-state index contributed by atoms with van der Waals surface area (Å²) < 4.78 is 5.22. The van der Waals surface area contributed by atoms with Crippen molar-refractivity contribution in [2.24, 2.45) is 5.92 Å². The lowest BCUT2D eigenvalue weighted by atomic mass is 10.0. The highest BCUT2D eigenvalue weighted by Gasteiger charge is 2.21. The van der Waals surface area contributed by atoms with E-state index in [1.807, 2.05) is 30.3 Å². The molecule has 29 heavy (non-hydrogen) atoms. The lowest BCUT2D eigenvalue weighted by molar-refractivity contribution is -0.148. The van der Waals surface area contributed by atoms with Gasteiger partial charge in [-0.05, 0) is 19.4 Å². The van der Waals surface area contributed by atoms with Gasteiger partial charge in [0.15, 0.2) is 5.13 Å². The number of thiazole rings is 1. The van der Waals surface area contributed by atoms with Crippen LogP contribution in [0.2, 0.25) is 0 Å². The van der Waals surface area contributed by atoms with Gasteiger partial charge in [0.2, 0.25) is 11.8 Å². The van der Waals surface area contributed by atoms with Crippen LogP contribution in [0.25, 0.3) is 0 Å². The van der Waals surface area contributed by atoms with Crippen molar-refractivity contribution in [2.45, 2.75) is 52.7 Å². The van der Waals surface area contributed by atoms with Crippen molar-refractivity contribution in [3.05, 3.63) is 47.0 Å². The van der Waals surface area contributed by atoms with Crippen molar-refractivity contribution in [3.63, 3.8) is 0 Å². The molecule has 2 rings (SSSR count). The molecule has 0 spiro atoms. The summed E-state index contributed by atoms with van der Waals surface area (Å²) in [6.45, 7) is 7.16. The SMILES string of the molecule is CC(C)OC(=O)CC(NC(=O)Cc1csc(NC(=O)C(C)C)n1)c1ccccc1. The van der Waals surface area contributed by atoms with Gasteiger partial charge in [-0.15, -0.1) is 11.3 Å². The zero-order valence-electron chi connectivity index (χ0n) is 17.1. The number of anilines is 1. The maximum absolute atomic E-state index is 12.6. The molecule has 1 aromatic carbocycles. The molecule has 1 aromatic heterocycles. The van der Waals surface area contributed by atoms with E-state index in [1.54, 1.807) is 33.1 Å². The standard InChI is InChI=1S/C21H27N3O4S/c1-13(2)20(27)24-21-22-16(12-29-21)10-18(25)23-17(11-19(26)28-14(3)4)15-8-6-5-7-9-15/h5-9,12-14,17H,10-11H2,1-4H3,(H,23,25)(H,22,24,27). The Hall–Kier alpha value is -2.74. The summed E-state index contributed by atoms with van der Waals surface area (Å²) in [5.41, 5.74) is 1.38. The summed E-state index contributed by atoms with van der Waals surface area (Å²) >= 11 is 1.27. The Morgan fingerprint density at radius 2 is 1.79 bits per heavy atom. The third-order valence-electron chi connectivity index (χ3n) is 3.92. The van der Waals surface area contributed by atoms with Crippen molar-refractivity contribution in [1.82, 2.24) is 10.3 Å². The highest BCUT2D eigenvalue weighted by molar-refractivity contribution is 7.13. The maximum Gasteiger partial charge on any atom is 0.308 e. The fraction of sp³-hybridized carbons (Fsp3) is 0.429. The minimum absolute atomic E-state index is 0.0424. The van der Waals surface area contributed by atoms with Gasteiger partial charge in [0.05, 0.1) is 30.7 Å². The Morgan fingerprint density at radius 1 is 1.10 bits per heavy atom. The fourth-order valence-electron chi connectivity index (χ4n) is 2.52. The molecule has 0 fully saturated rings. The second kappa shape index (κ2) is 10.7. The first-order valence-electron chi connectivity index (χ1n) is 9.53. The molecule has 0 aliphatic heterocycles. The molecule has 0 bridgehead atoms. The van der Waals surface area contributed by atoms with Crippen LogP contribution >= 0.6 is 11.3 Å². The molecular formula is C21H27N3O4S. The summed E-state index contributed by atoms with van der Waals surface area (Å²) in [5.74, 6) is -0.907. The number of amides is 2. The highest BCUT2D eigenvalue weighted by atomic mass is 32.1. The van der Waals surface area contributed by atoms with Gasteiger partial charge in [0, 0.05) is 11.3 Å². The van der Waals surface area contributed by atoms with E-state index in [9.17, 15) is 14.4 Å². The van der Waals surface area contributed by atoms with Gasteiger partial charge in [-0.2, -0.15) is 0 Å². The first-order valence-corrected chi connectivity index (χ1v) is 10.4. The maximum atomic E-state index is 12.6. The molecule has 0 aliphatic carbocycles. The molecule has 1 unspecified atom stereocenters. The average Bonchev–Trinajstić information content (AvgIpc) is 3.07. The van der Waals surface area contributed by atoms with Gasteiger partial charge in [-0.1, -0.05) is 44.2 Å². The Bertz CT molecular complexity index is 833. The minimum Gasteiger partial charge on any atom is -0.463 e. The fourth-order valence-corrected chi connectivity index (χ4v) is 3.23. The highest BCUT2D eigenvalue weighted by Crippen LogP contribution is 2.20. The number of hydrogen-bond donors (Lipinski definition) is 2. The van der Waals surface area contributed by atoms with E-state index in [0.717, 1.165) is 5.56 Å². The van der Waals surface area contributed by atoms with Crippen molar-refractivity contribution in [2.75, 3.05) is 5.32 Å². The first kappa shape index (κ1) is 22.5. The first-order chi connectivity index (χ1) is 13.7. The molecule has 8 heteroatoms. The molecule has 0 radical (unpaired) electrons. The molecule has 2 amide bonds. The van der Waals surface area contributed by atoms with Crippen LogP contribution in [0.1, 0.15) is 51.4 Å². The second-order valence-corrected chi connectivity index (χ2v) is 8.10. The van der Waals surface area contributed by atoms with Crippen molar-refractivity contribution in [1.29, 1.82) is 0 Å². The third-order valence-corrected chi connectivity index (χ3v) is 4.73. The zero-order chi connectivity index (χ0) is 21.4. The van der Waals surface area contributed by atoms with Crippen LogP contribution in [-0.4, -0.2) is 28.9 Å². The lowest BCUT2D eigenvalue weighted by Gasteiger charge is -2.19.